The van der Waals surface area contributed by atoms with Gasteiger partial charge in [0.15, 0.2) is 0 Å². The molecule has 1 N–H and O–H groups in total. The van der Waals surface area contributed by atoms with E-state index in [-0.39, 0.29) is 12.0 Å². The van der Waals surface area contributed by atoms with Crippen LogP contribution in [0.15, 0.2) is 60.8 Å². The van der Waals surface area contributed by atoms with Crippen LogP contribution in [0.2, 0.25) is 5.02 Å². The first kappa shape index (κ1) is 19.3. The number of nitrogens with one attached hydrogen (secondary N) is 1. The number of hydrogen-bond donors (Lipinski definition) is 1. The van der Waals surface area contributed by atoms with Crippen LogP contribution in [0.3, 0.4) is 0 Å². The van der Waals surface area contributed by atoms with Gasteiger partial charge in [-0.25, -0.2) is 0 Å². The van der Waals surface area contributed by atoms with Crippen LogP contribution in [-0.2, 0) is 27.9 Å². The Bertz CT molecular complexity index is 1040. The van der Waals surface area contributed by atoms with Crippen molar-refractivity contribution >= 4 is 17.5 Å². The summed E-state index contributed by atoms with van der Waals surface area (Å²) < 4.78 is 7.94. The zero-order valence-corrected chi connectivity index (χ0v) is 17.4. The number of fused-ring (bicyclic) bond motifs is 1. The van der Waals surface area contributed by atoms with Gasteiger partial charge in [-0.15, -0.1) is 0 Å². The fourth-order valence-corrected chi connectivity index (χ4v) is 4.36. The number of amides is 1. The Morgan fingerprint density at radius 1 is 1.17 bits per heavy atom. The Morgan fingerprint density at radius 2 is 1.93 bits per heavy atom. The normalized spacial score (nSPS) is 19.2. The lowest BCUT2D eigenvalue weighted by Crippen LogP contribution is -2.38. The fourth-order valence-electron chi connectivity index (χ4n) is 4.23. The second-order valence-corrected chi connectivity index (χ2v) is 8.57. The summed E-state index contributed by atoms with van der Waals surface area (Å²) in [6, 6.07) is 17.9. The van der Waals surface area contributed by atoms with Crippen LogP contribution in [0.25, 0.3) is 0 Å². The molecule has 0 bridgehead atoms. The average molecular weight is 422 g/mol. The minimum atomic E-state index is -0.422. The van der Waals surface area contributed by atoms with E-state index in [9.17, 15) is 4.79 Å². The summed E-state index contributed by atoms with van der Waals surface area (Å²) >= 11 is 6.00. The highest BCUT2D eigenvalue weighted by Crippen LogP contribution is 2.48. The van der Waals surface area contributed by atoms with Crippen LogP contribution < -0.4 is 5.32 Å². The van der Waals surface area contributed by atoms with E-state index in [1.807, 2.05) is 47.1 Å². The molecule has 0 saturated heterocycles. The summed E-state index contributed by atoms with van der Waals surface area (Å²) in [5.74, 6) is 0.0595. The minimum Gasteiger partial charge on any atom is -0.370 e. The third kappa shape index (κ3) is 3.75. The Kier molecular flexibility index (Phi) is 5.09. The number of benzene rings is 2. The summed E-state index contributed by atoms with van der Waals surface area (Å²) in [7, 11) is 0. The van der Waals surface area contributed by atoms with Crippen LogP contribution >= 0.6 is 11.6 Å². The highest BCUT2D eigenvalue weighted by molar-refractivity contribution is 6.30. The molecule has 3 aromatic rings. The maximum atomic E-state index is 13.0. The molecule has 1 unspecified atom stereocenters. The topological polar surface area (TPSA) is 56.1 Å². The van der Waals surface area contributed by atoms with Crippen molar-refractivity contribution in [2.24, 2.45) is 0 Å². The van der Waals surface area contributed by atoms with Gasteiger partial charge in [0.1, 0.15) is 6.10 Å². The van der Waals surface area contributed by atoms with E-state index >= 15 is 0 Å². The van der Waals surface area contributed by atoms with Crippen molar-refractivity contribution in [2.45, 2.75) is 37.3 Å². The molecule has 6 heteroatoms. The van der Waals surface area contributed by atoms with Crippen LogP contribution in [0, 0.1) is 0 Å². The van der Waals surface area contributed by atoms with Gasteiger partial charge in [0, 0.05) is 17.8 Å². The van der Waals surface area contributed by atoms with Crippen molar-refractivity contribution in [3.8, 4) is 0 Å². The fraction of sp³-hybridized carbons (Fsp3) is 0.333. The molecule has 2 aliphatic rings. The molecule has 30 heavy (non-hydrogen) atoms. The van der Waals surface area contributed by atoms with Crippen molar-refractivity contribution < 1.29 is 9.53 Å². The van der Waals surface area contributed by atoms with Gasteiger partial charge in [0.05, 0.1) is 24.3 Å². The van der Waals surface area contributed by atoms with Gasteiger partial charge in [-0.3, -0.25) is 9.48 Å². The van der Waals surface area contributed by atoms with E-state index in [0.717, 1.165) is 37.1 Å². The number of carbonyl (C=O) groups excluding carboxylic acids is 1. The summed E-state index contributed by atoms with van der Waals surface area (Å²) in [4.78, 5) is 13.0. The average Bonchev–Trinajstić information content (AvgIpc) is 3.47. The summed E-state index contributed by atoms with van der Waals surface area (Å²) in [6.45, 7) is 1.81. The Hall–Kier alpha value is -2.63. The molecule has 1 fully saturated rings. The predicted molar refractivity (Wildman–Crippen MR) is 116 cm³/mol. The molecule has 0 spiro atoms. The van der Waals surface area contributed by atoms with E-state index in [2.05, 4.69) is 23.6 Å². The second-order valence-electron chi connectivity index (χ2n) is 8.13. The Balaban J connectivity index is 1.27. The molecule has 2 heterocycles. The van der Waals surface area contributed by atoms with E-state index in [0.29, 0.717) is 18.2 Å². The zero-order chi connectivity index (χ0) is 20.6. The SMILES string of the molecule is O=C(NCC1OCCc2cn(Cc3ccccc3)nc21)C1(c2ccc(Cl)cc2)CC1. The monoisotopic (exact) mass is 421 g/mol. The van der Waals surface area contributed by atoms with Crippen LogP contribution in [0.1, 0.15) is 41.3 Å². The quantitative estimate of drug-likeness (QED) is 0.653. The lowest BCUT2D eigenvalue weighted by Gasteiger charge is -2.24. The van der Waals surface area contributed by atoms with Crippen LogP contribution in [0.4, 0.5) is 0 Å². The molecule has 1 aromatic heterocycles. The second kappa shape index (κ2) is 7.89. The van der Waals surface area contributed by atoms with Crippen LogP contribution in [0.5, 0.6) is 0 Å². The number of rotatable bonds is 6. The number of ether oxygens (including phenoxy) is 1. The Labute approximate surface area is 181 Å². The van der Waals surface area contributed by atoms with Gasteiger partial charge in [-0.1, -0.05) is 54.1 Å². The molecule has 154 valence electrons. The molecular formula is C24H24ClN3O2. The number of hydrogen-bond acceptors (Lipinski definition) is 3. The first-order chi connectivity index (χ1) is 14.6. The number of nitrogens with zero attached hydrogens (tertiary/aromatic N) is 2. The van der Waals surface area contributed by atoms with E-state index < -0.39 is 5.41 Å². The van der Waals surface area contributed by atoms with Crippen molar-refractivity contribution in [2.75, 3.05) is 13.2 Å². The largest absolute Gasteiger partial charge is 0.370 e. The molecule has 1 amide bonds. The van der Waals surface area contributed by atoms with Crippen molar-refractivity contribution in [1.82, 2.24) is 15.1 Å². The van der Waals surface area contributed by atoms with Gasteiger partial charge in [0.2, 0.25) is 5.91 Å². The molecule has 0 radical (unpaired) electrons. The summed E-state index contributed by atoms with van der Waals surface area (Å²) in [6.07, 6.45) is 4.47. The third-order valence-electron chi connectivity index (χ3n) is 6.08. The maximum Gasteiger partial charge on any atom is 0.230 e. The first-order valence-corrected chi connectivity index (χ1v) is 10.8. The zero-order valence-electron chi connectivity index (χ0n) is 16.7. The number of halogens is 1. The van der Waals surface area contributed by atoms with Crippen LogP contribution in [-0.4, -0.2) is 28.8 Å². The van der Waals surface area contributed by atoms with E-state index in [1.54, 1.807) is 0 Å². The molecule has 1 saturated carbocycles. The minimum absolute atomic E-state index is 0.0595. The first-order valence-electron chi connectivity index (χ1n) is 10.4. The predicted octanol–water partition coefficient (Wildman–Crippen LogP) is 4.05. The van der Waals surface area contributed by atoms with Crippen molar-refractivity contribution in [1.29, 1.82) is 0 Å². The van der Waals surface area contributed by atoms with Crippen molar-refractivity contribution in [3.63, 3.8) is 0 Å². The van der Waals surface area contributed by atoms with Gasteiger partial charge >= 0.3 is 0 Å². The maximum absolute atomic E-state index is 13.0. The molecule has 2 aromatic carbocycles. The highest BCUT2D eigenvalue weighted by atomic mass is 35.5. The van der Waals surface area contributed by atoms with E-state index in [1.165, 1.54) is 11.1 Å². The lowest BCUT2D eigenvalue weighted by molar-refractivity contribution is -0.124. The summed E-state index contributed by atoms with van der Waals surface area (Å²) in [5.41, 5.74) is 3.96. The molecule has 1 atom stereocenters. The Morgan fingerprint density at radius 3 is 2.67 bits per heavy atom. The number of aromatic nitrogens is 2. The standard InChI is InChI=1S/C24H24ClN3O2/c25-20-8-6-19(7-9-20)24(11-12-24)23(29)26-14-21-22-18(10-13-30-21)16-28(27-22)15-17-4-2-1-3-5-17/h1-9,16,21H,10-15H2,(H,26,29). The molecule has 5 rings (SSSR count). The highest BCUT2D eigenvalue weighted by Gasteiger charge is 2.51. The molecule has 1 aliphatic carbocycles. The number of carbonyl (C=O) groups is 1. The molecule has 5 nitrogen and oxygen atoms in total. The smallest absolute Gasteiger partial charge is 0.230 e. The van der Waals surface area contributed by atoms with Gasteiger partial charge in [-0.2, -0.15) is 5.10 Å². The van der Waals surface area contributed by atoms with Gasteiger partial charge in [-0.05, 0) is 48.1 Å². The molecular weight excluding hydrogens is 398 g/mol. The van der Waals surface area contributed by atoms with Crippen molar-refractivity contribution in [3.05, 3.63) is 88.2 Å². The third-order valence-corrected chi connectivity index (χ3v) is 6.33. The van der Waals surface area contributed by atoms with Gasteiger partial charge < -0.3 is 10.1 Å². The van der Waals surface area contributed by atoms with Gasteiger partial charge in [0.25, 0.3) is 0 Å². The molecule has 1 aliphatic heterocycles. The summed E-state index contributed by atoms with van der Waals surface area (Å²) in [5, 5.41) is 8.58. The lowest BCUT2D eigenvalue weighted by atomic mass is 9.95. The van der Waals surface area contributed by atoms with E-state index in [4.69, 9.17) is 21.4 Å².